The Labute approximate surface area is 102 Å². The molecule has 92 valence electrons. The van der Waals surface area contributed by atoms with Gasteiger partial charge in [0.25, 0.3) is 0 Å². The summed E-state index contributed by atoms with van der Waals surface area (Å²) in [6.45, 7) is 3.37. The van der Waals surface area contributed by atoms with Gasteiger partial charge in [-0.2, -0.15) is 5.26 Å². The number of nitrogens with zero attached hydrogens (tertiary/aromatic N) is 2. The fourth-order valence-electron chi connectivity index (χ4n) is 1.66. The van der Waals surface area contributed by atoms with Gasteiger partial charge in [0.1, 0.15) is 5.82 Å². The van der Waals surface area contributed by atoms with Gasteiger partial charge in [0.15, 0.2) is 0 Å². The second-order valence-corrected chi connectivity index (χ2v) is 3.90. The van der Waals surface area contributed by atoms with Gasteiger partial charge in [-0.05, 0) is 25.1 Å². The van der Waals surface area contributed by atoms with Gasteiger partial charge in [0.2, 0.25) is 0 Å². The van der Waals surface area contributed by atoms with Crippen molar-refractivity contribution < 1.29 is 4.39 Å². The lowest BCUT2D eigenvalue weighted by Crippen LogP contribution is -2.32. The molecule has 0 aliphatic heterocycles. The van der Waals surface area contributed by atoms with Gasteiger partial charge in [-0.3, -0.25) is 0 Å². The van der Waals surface area contributed by atoms with Crippen molar-refractivity contribution in [2.24, 2.45) is 0 Å². The van der Waals surface area contributed by atoms with E-state index in [1.54, 1.807) is 18.2 Å². The van der Waals surface area contributed by atoms with Crippen LogP contribution in [0.2, 0.25) is 0 Å². The second kappa shape index (κ2) is 6.87. The summed E-state index contributed by atoms with van der Waals surface area (Å²) in [5.74, 6) is -0.230. The Hall–Kier alpha value is -1.60. The molecule has 0 aliphatic carbocycles. The van der Waals surface area contributed by atoms with Crippen LogP contribution in [0.3, 0.4) is 0 Å². The molecule has 0 aromatic heterocycles. The molecule has 0 radical (unpaired) electrons. The predicted molar refractivity (Wildman–Crippen MR) is 67.4 cm³/mol. The van der Waals surface area contributed by atoms with Crippen molar-refractivity contribution in [2.45, 2.75) is 19.4 Å². The summed E-state index contributed by atoms with van der Waals surface area (Å²) < 4.78 is 13.5. The van der Waals surface area contributed by atoms with E-state index < -0.39 is 0 Å². The van der Waals surface area contributed by atoms with Crippen LogP contribution in [0.1, 0.15) is 13.3 Å². The molecule has 1 aromatic rings. The number of rotatable bonds is 6. The number of hydrogen-bond donors (Lipinski definition) is 1. The molecule has 1 unspecified atom stereocenters. The zero-order chi connectivity index (χ0) is 12.7. The molecule has 0 heterocycles. The van der Waals surface area contributed by atoms with Crippen LogP contribution in [0.15, 0.2) is 24.3 Å². The molecular weight excluding hydrogens is 217 g/mol. The number of nitriles is 1. The summed E-state index contributed by atoms with van der Waals surface area (Å²) in [6.07, 6.45) is 0.676. The van der Waals surface area contributed by atoms with Crippen LogP contribution in [0.25, 0.3) is 0 Å². The Morgan fingerprint density at radius 2 is 2.18 bits per heavy atom. The maximum Gasteiger partial charge on any atom is 0.146 e. The number of anilines is 1. The molecule has 0 saturated heterocycles. The molecule has 0 bridgehead atoms. The third-order valence-electron chi connectivity index (χ3n) is 2.62. The molecule has 3 nitrogen and oxygen atoms in total. The maximum atomic E-state index is 13.5. The highest BCUT2D eigenvalue weighted by molar-refractivity contribution is 5.46. The van der Waals surface area contributed by atoms with Crippen molar-refractivity contribution in [1.82, 2.24) is 5.32 Å². The Morgan fingerprint density at radius 3 is 2.76 bits per heavy atom. The maximum absolute atomic E-state index is 13.5. The second-order valence-electron chi connectivity index (χ2n) is 3.90. The van der Waals surface area contributed by atoms with Gasteiger partial charge in [0.05, 0.1) is 17.8 Å². The third kappa shape index (κ3) is 4.04. The minimum absolute atomic E-state index is 0.172. The van der Waals surface area contributed by atoms with E-state index in [0.29, 0.717) is 18.7 Å². The van der Waals surface area contributed by atoms with E-state index in [0.717, 1.165) is 6.54 Å². The molecule has 4 heteroatoms. The topological polar surface area (TPSA) is 39.1 Å². The van der Waals surface area contributed by atoms with Crippen molar-refractivity contribution in [2.75, 3.05) is 25.0 Å². The SMILES string of the molecule is CCNC(C#N)CCN(C)c1ccccc1F. The van der Waals surface area contributed by atoms with Gasteiger partial charge in [-0.25, -0.2) is 4.39 Å². The van der Waals surface area contributed by atoms with Gasteiger partial charge >= 0.3 is 0 Å². The molecule has 0 saturated carbocycles. The number of para-hydroxylation sites is 1. The van der Waals surface area contributed by atoms with Crippen LogP contribution in [-0.4, -0.2) is 26.2 Å². The van der Waals surface area contributed by atoms with Gasteiger partial charge in [-0.1, -0.05) is 19.1 Å². The molecule has 0 aliphatic rings. The normalized spacial score (nSPS) is 11.9. The van der Waals surface area contributed by atoms with E-state index >= 15 is 0 Å². The monoisotopic (exact) mass is 235 g/mol. The fourth-order valence-corrected chi connectivity index (χ4v) is 1.66. The number of nitrogens with one attached hydrogen (secondary N) is 1. The predicted octanol–water partition coefficient (Wildman–Crippen LogP) is 2.15. The van der Waals surface area contributed by atoms with Crippen LogP contribution < -0.4 is 10.2 Å². The van der Waals surface area contributed by atoms with Crippen molar-refractivity contribution in [1.29, 1.82) is 5.26 Å². The Morgan fingerprint density at radius 1 is 1.47 bits per heavy atom. The Balaban J connectivity index is 2.53. The summed E-state index contributed by atoms with van der Waals surface area (Å²) in [4.78, 5) is 1.83. The zero-order valence-corrected chi connectivity index (χ0v) is 10.3. The van der Waals surface area contributed by atoms with Crippen LogP contribution in [-0.2, 0) is 0 Å². The highest BCUT2D eigenvalue weighted by Gasteiger charge is 2.10. The summed E-state index contributed by atoms with van der Waals surface area (Å²) in [5.41, 5.74) is 0.570. The largest absolute Gasteiger partial charge is 0.372 e. The van der Waals surface area contributed by atoms with E-state index in [9.17, 15) is 4.39 Å². The molecule has 1 rings (SSSR count). The first-order chi connectivity index (χ1) is 8.19. The molecule has 1 N–H and O–H groups in total. The van der Waals surface area contributed by atoms with Crippen molar-refractivity contribution in [3.63, 3.8) is 0 Å². The Bertz CT molecular complexity index is 386. The quantitative estimate of drug-likeness (QED) is 0.821. The lowest BCUT2D eigenvalue weighted by atomic mass is 10.2. The van der Waals surface area contributed by atoms with Crippen molar-refractivity contribution in [3.05, 3.63) is 30.1 Å². The van der Waals surface area contributed by atoms with E-state index in [-0.39, 0.29) is 11.9 Å². The molecule has 1 atom stereocenters. The Kier molecular flexibility index (Phi) is 5.44. The number of halogens is 1. The zero-order valence-electron chi connectivity index (χ0n) is 10.3. The molecule has 17 heavy (non-hydrogen) atoms. The lowest BCUT2D eigenvalue weighted by Gasteiger charge is -2.21. The molecule has 0 amide bonds. The number of benzene rings is 1. The highest BCUT2D eigenvalue weighted by atomic mass is 19.1. The summed E-state index contributed by atoms with van der Waals surface area (Å²) in [5, 5.41) is 12.0. The van der Waals surface area contributed by atoms with Crippen LogP contribution >= 0.6 is 0 Å². The van der Waals surface area contributed by atoms with Crippen LogP contribution in [0, 0.1) is 17.1 Å². The summed E-state index contributed by atoms with van der Waals surface area (Å²) in [6, 6.07) is 8.68. The fraction of sp³-hybridized carbons (Fsp3) is 0.462. The first-order valence-corrected chi connectivity index (χ1v) is 5.77. The molecule has 0 fully saturated rings. The van der Waals surface area contributed by atoms with Crippen LogP contribution in [0.5, 0.6) is 0 Å². The first-order valence-electron chi connectivity index (χ1n) is 5.77. The minimum atomic E-state index is -0.230. The van der Waals surface area contributed by atoms with E-state index in [1.807, 2.05) is 18.9 Å². The van der Waals surface area contributed by atoms with E-state index in [4.69, 9.17) is 5.26 Å². The van der Waals surface area contributed by atoms with Crippen molar-refractivity contribution >= 4 is 5.69 Å². The standard InChI is InChI=1S/C13H18FN3/c1-3-16-11(10-15)8-9-17(2)13-7-5-4-6-12(13)14/h4-7,11,16H,3,8-9H2,1-2H3. The molecule has 1 aromatic carbocycles. The van der Waals surface area contributed by atoms with Crippen molar-refractivity contribution in [3.8, 4) is 6.07 Å². The van der Waals surface area contributed by atoms with Gasteiger partial charge < -0.3 is 10.2 Å². The molecular formula is C13H18FN3. The summed E-state index contributed by atoms with van der Waals surface area (Å²) >= 11 is 0. The minimum Gasteiger partial charge on any atom is -0.372 e. The first kappa shape index (κ1) is 13.5. The van der Waals surface area contributed by atoms with Gasteiger partial charge in [0, 0.05) is 13.6 Å². The number of hydrogen-bond acceptors (Lipinski definition) is 3. The average molecular weight is 235 g/mol. The lowest BCUT2D eigenvalue weighted by molar-refractivity contribution is 0.575. The smallest absolute Gasteiger partial charge is 0.146 e. The van der Waals surface area contributed by atoms with E-state index in [1.165, 1.54) is 6.07 Å². The summed E-state index contributed by atoms with van der Waals surface area (Å²) in [7, 11) is 1.83. The highest BCUT2D eigenvalue weighted by Crippen LogP contribution is 2.17. The third-order valence-corrected chi connectivity index (χ3v) is 2.62. The van der Waals surface area contributed by atoms with Crippen LogP contribution in [0.4, 0.5) is 10.1 Å². The molecule has 0 spiro atoms. The van der Waals surface area contributed by atoms with E-state index in [2.05, 4.69) is 11.4 Å². The average Bonchev–Trinajstić information content (AvgIpc) is 2.34. The van der Waals surface area contributed by atoms with Gasteiger partial charge in [-0.15, -0.1) is 0 Å².